The van der Waals surface area contributed by atoms with Gasteiger partial charge in [-0.1, -0.05) is 0 Å². The molecule has 1 heterocycles. The zero-order chi connectivity index (χ0) is 11.3. The monoisotopic (exact) mass is 206 g/mol. The number of rotatable bonds is 3. The van der Waals surface area contributed by atoms with Gasteiger partial charge in [-0.25, -0.2) is 4.79 Å². The van der Waals surface area contributed by atoms with E-state index < -0.39 is 11.9 Å². The second kappa shape index (κ2) is 4.90. The third-order valence-electron chi connectivity index (χ3n) is 1.64. The van der Waals surface area contributed by atoms with Crippen LogP contribution in [0.1, 0.15) is 5.69 Å². The molecule has 2 N–H and O–H groups in total. The normalized spacial score (nSPS) is 10.2. The third kappa shape index (κ3) is 3.60. The predicted molar refractivity (Wildman–Crippen MR) is 54.4 cm³/mol. The number of aromatic nitrogens is 1. The van der Waals surface area contributed by atoms with Gasteiger partial charge in [-0.2, -0.15) is 0 Å². The first-order chi connectivity index (χ1) is 7.09. The number of anilines is 1. The molecule has 1 amide bonds. The highest BCUT2D eigenvalue weighted by molar-refractivity contribution is 6.02. The summed E-state index contributed by atoms with van der Waals surface area (Å²) in [7, 11) is 0. The molecule has 1 aromatic heterocycles. The average molecular weight is 206 g/mol. The summed E-state index contributed by atoms with van der Waals surface area (Å²) in [6.07, 6.45) is 3.34. The number of carboxylic acid groups (broad SMARTS) is 1. The molecule has 0 radical (unpaired) electrons. The topological polar surface area (TPSA) is 79.3 Å². The molecule has 0 unspecified atom stereocenters. The Hall–Kier alpha value is -2.17. The van der Waals surface area contributed by atoms with E-state index in [4.69, 9.17) is 5.11 Å². The van der Waals surface area contributed by atoms with Crippen LogP contribution in [0.3, 0.4) is 0 Å². The average Bonchev–Trinajstić information content (AvgIpc) is 2.18. The van der Waals surface area contributed by atoms with E-state index in [1.54, 1.807) is 25.3 Å². The molecule has 0 aliphatic heterocycles. The van der Waals surface area contributed by atoms with E-state index >= 15 is 0 Å². The molecule has 0 saturated carbocycles. The van der Waals surface area contributed by atoms with Crippen molar-refractivity contribution in [3.63, 3.8) is 0 Å². The maximum atomic E-state index is 11.2. The molecule has 15 heavy (non-hydrogen) atoms. The van der Waals surface area contributed by atoms with Gasteiger partial charge < -0.3 is 10.4 Å². The zero-order valence-electron chi connectivity index (χ0n) is 8.10. The van der Waals surface area contributed by atoms with Crippen molar-refractivity contribution in [1.82, 2.24) is 4.98 Å². The van der Waals surface area contributed by atoms with Crippen LogP contribution in [0.2, 0.25) is 0 Å². The molecule has 0 aromatic carbocycles. The van der Waals surface area contributed by atoms with Crippen molar-refractivity contribution in [2.75, 3.05) is 5.32 Å². The lowest BCUT2D eigenvalue weighted by molar-refractivity contribution is -0.131. The molecule has 5 nitrogen and oxygen atoms in total. The first-order valence-electron chi connectivity index (χ1n) is 4.23. The van der Waals surface area contributed by atoms with Gasteiger partial charge in [-0.3, -0.25) is 9.78 Å². The molecular weight excluding hydrogens is 196 g/mol. The van der Waals surface area contributed by atoms with Crippen molar-refractivity contribution in [1.29, 1.82) is 0 Å². The summed E-state index contributed by atoms with van der Waals surface area (Å²) in [6.45, 7) is 1.75. The van der Waals surface area contributed by atoms with Crippen LogP contribution in [-0.2, 0) is 9.59 Å². The quantitative estimate of drug-likeness (QED) is 0.722. The van der Waals surface area contributed by atoms with E-state index in [0.717, 1.165) is 12.2 Å². The summed E-state index contributed by atoms with van der Waals surface area (Å²) < 4.78 is 0. The summed E-state index contributed by atoms with van der Waals surface area (Å²) in [5, 5.41) is 10.8. The molecule has 0 aliphatic carbocycles. The summed E-state index contributed by atoms with van der Waals surface area (Å²) in [5.74, 6) is -1.65. The number of carbonyl (C=O) groups is 2. The molecule has 0 aliphatic rings. The van der Waals surface area contributed by atoms with Gasteiger partial charge >= 0.3 is 5.97 Å². The summed E-state index contributed by atoms with van der Waals surface area (Å²) in [5.41, 5.74) is 1.24. The van der Waals surface area contributed by atoms with E-state index in [-0.39, 0.29) is 0 Å². The first-order valence-corrected chi connectivity index (χ1v) is 4.23. The lowest BCUT2D eigenvalue weighted by Gasteiger charge is -2.03. The van der Waals surface area contributed by atoms with Crippen LogP contribution in [-0.4, -0.2) is 22.0 Å². The Morgan fingerprint density at radius 1 is 1.47 bits per heavy atom. The molecule has 0 bridgehead atoms. The fourth-order valence-electron chi connectivity index (χ4n) is 0.938. The Bertz CT molecular complexity index is 413. The van der Waals surface area contributed by atoms with Crippen molar-refractivity contribution in [2.45, 2.75) is 6.92 Å². The van der Waals surface area contributed by atoms with Crippen LogP contribution in [0.25, 0.3) is 0 Å². The molecule has 1 aromatic rings. The van der Waals surface area contributed by atoms with Crippen LogP contribution in [0.4, 0.5) is 5.69 Å². The van der Waals surface area contributed by atoms with E-state index in [1.165, 1.54) is 0 Å². The Balaban J connectivity index is 2.67. The van der Waals surface area contributed by atoms with Crippen molar-refractivity contribution in [2.24, 2.45) is 0 Å². The maximum absolute atomic E-state index is 11.2. The maximum Gasteiger partial charge on any atom is 0.328 e. The van der Waals surface area contributed by atoms with E-state index in [2.05, 4.69) is 10.3 Å². The fourth-order valence-corrected chi connectivity index (χ4v) is 0.938. The van der Waals surface area contributed by atoms with Gasteiger partial charge in [0.1, 0.15) is 0 Å². The van der Waals surface area contributed by atoms with E-state index in [0.29, 0.717) is 11.4 Å². The molecule has 78 valence electrons. The SMILES string of the molecule is Cc1ncccc1NC(=O)/C=C\C(=O)O. The number of pyridine rings is 1. The number of amides is 1. The van der Waals surface area contributed by atoms with Crippen LogP contribution < -0.4 is 5.32 Å². The molecule has 0 atom stereocenters. The van der Waals surface area contributed by atoms with E-state index in [1.807, 2.05) is 0 Å². The minimum absolute atomic E-state index is 0.492. The highest BCUT2D eigenvalue weighted by atomic mass is 16.4. The van der Waals surface area contributed by atoms with Gasteiger partial charge in [0.25, 0.3) is 0 Å². The summed E-state index contributed by atoms with van der Waals surface area (Å²) >= 11 is 0. The van der Waals surface area contributed by atoms with Gasteiger partial charge in [-0.05, 0) is 19.1 Å². The van der Waals surface area contributed by atoms with Crippen molar-refractivity contribution in [3.05, 3.63) is 36.2 Å². The van der Waals surface area contributed by atoms with Crippen molar-refractivity contribution < 1.29 is 14.7 Å². The number of aryl methyl sites for hydroxylation is 1. The molecular formula is C10H10N2O3. The zero-order valence-corrected chi connectivity index (χ0v) is 8.10. The minimum atomic E-state index is -1.16. The Kier molecular flexibility index (Phi) is 3.56. The highest BCUT2D eigenvalue weighted by Gasteiger charge is 2.01. The summed E-state index contributed by atoms with van der Waals surface area (Å²) in [4.78, 5) is 25.3. The third-order valence-corrected chi connectivity index (χ3v) is 1.64. The largest absolute Gasteiger partial charge is 0.478 e. The number of aliphatic carboxylic acids is 1. The van der Waals surface area contributed by atoms with Gasteiger partial charge in [0.05, 0.1) is 11.4 Å². The second-order valence-corrected chi connectivity index (χ2v) is 2.80. The summed E-state index contributed by atoms with van der Waals surface area (Å²) in [6, 6.07) is 3.37. The lowest BCUT2D eigenvalue weighted by Crippen LogP contribution is -2.10. The smallest absolute Gasteiger partial charge is 0.328 e. The first kappa shape index (κ1) is 10.9. The molecule has 5 heteroatoms. The van der Waals surface area contributed by atoms with Crippen molar-refractivity contribution in [3.8, 4) is 0 Å². The van der Waals surface area contributed by atoms with Gasteiger partial charge in [0, 0.05) is 18.3 Å². The van der Waals surface area contributed by atoms with Gasteiger partial charge in [-0.15, -0.1) is 0 Å². The Morgan fingerprint density at radius 3 is 2.80 bits per heavy atom. The fraction of sp³-hybridized carbons (Fsp3) is 0.100. The lowest BCUT2D eigenvalue weighted by atomic mass is 10.3. The molecule has 0 saturated heterocycles. The van der Waals surface area contributed by atoms with Crippen LogP contribution >= 0.6 is 0 Å². The Labute approximate surface area is 86.5 Å². The van der Waals surface area contributed by atoms with Crippen LogP contribution in [0.5, 0.6) is 0 Å². The van der Waals surface area contributed by atoms with Gasteiger partial charge in [0.2, 0.25) is 5.91 Å². The predicted octanol–water partition coefficient (Wildman–Crippen LogP) is 0.969. The number of hydrogen-bond acceptors (Lipinski definition) is 3. The number of nitrogens with zero attached hydrogens (tertiary/aromatic N) is 1. The second-order valence-electron chi connectivity index (χ2n) is 2.80. The number of nitrogens with one attached hydrogen (secondary N) is 1. The number of carboxylic acids is 1. The van der Waals surface area contributed by atoms with Crippen molar-refractivity contribution >= 4 is 17.6 Å². The van der Waals surface area contributed by atoms with Crippen LogP contribution in [0.15, 0.2) is 30.5 Å². The highest BCUT2D eigenvalue weighted by Crippen LogP contribution is 2.09. The number of carbonyl (C=O) groups excluding carboxylic acids is 1. The van der Waals surface area contributed by atoms with Crippen LogP contribution in [0, 0.1) is 6.92 Å². The number of hydrogen-bond donors (Lipinski definition) is 2. The van der Waals surface area contributed by atoms with E-state index in [9.17, 15) is 9.59 Å². The standard InChI is InChI=1S/C10H10N2O3/c1-7-8(3-2-6-11-7)12-9(13)4-5-10(14)15/h2-6H,1H3,(H,12,13)(H,14,15)/b5-4-. The Morgan fingerprint density at radius 2 is 2.20 bits per heavy atom. The molecule has 1 rings (SSSR count). The molecule has 0 fully saturated rings. The molecule has 0 spiro atoms. The van der Waals surface area contributed by atoms with Gasteiger partial charge in [0.15, 0.2) is 0 Å². The minimum Gasteiger partial charge on any atom is -0.478 e.